The lowest BCUT2D eigenvalue weighted by atomic mass is 10.2. The zero-order valence-electron chi connectivity index (χ0n) is 16.9. The standard InChI is InChI=1S/C22H23N7O2/c30-21(25-12-17-6-4-10-31-17)19-14-28(15-26-19)22-27-18(20-7-1-2-9-29(20)22)13-24-16-5-3-8-23-11-16/h1-3,5,7-9,11,14-15,17,24H,4,6,10,12-13H2,(H,25,30)/t17-/m1/s1. The van der Waals surface area contributed by atoms with E-state index in [1.807, 2.05) is 40.9 Å². The molecule has 1 amide bonds. The lowest BCUT2D eigenvalue weighted by Crippen LogP contribution is -2.31. The second-order valence-electron chi connectivity index (χ2n) is 7.42. The average Bonchev–Trinajstić information content (AvgIpc) is 3.57. The molecule has 0 aliphatic carbocycles. The minimum Gasteiger partial charge on any atom is -0.378 e. The highest BCUT2D eigenvalue weighted by molar-refractivity contribution is 5.92. The van der Waals surface area contributed by atoms with Gasteiger partial charge in [-0.1, -0.05) is 6.07 Å². The highest BCUT2D eigenvalue weighted by atomic mass is 16.5. The summed E-state index contributed by atoms with van der Waals surface area (Å²) in [6.07, 6.45) is 10.9. The maximum atomic E-state index is 12.5. The molecule has 9 nitrogen and oxygen atoms in total. The first-order chi connectivity index (χ1) is 15.3. The molecule has 0 spiro atoms. The van der Waals surface area contributed by atoms with E-state index in [4.69, 9.17) is 9.72 Å². The third-order valence-electron chi connectivity index (χ3n) is 5.29. The Morgan fingerprint density at radius 3 is 3.06 bits per heavy atom. The van der Waals surface area contributed by atoms with Crippen molar-refractivity contribution >= 4 is 17.1 Å². The molecule has 0 aromatic carbocycles. The van der Waals surface area contributed by atoms with Crippen LogP contribution < -0.4 is 10.6 Å². The van der Waals surface area contributed by atoms with Gasteiger partial charge < -0.3 is 15.4 Å². The van der Waals surface area contributed by atoms with E-state index >= 15 is 0 Å². The smallest absolute Gasteiger partial charge is 0.271 e. The molecule has 2 N–H and O–H groups in total. The second kappa shape index (κ2) is 8.57. The molecule has 1 aliphatic heterocycles. The van der Waals surface area contributed by atoms with Crippen molar-refractivity contribution in [3.63, 3.8) is 0 Å². The first-order valence-electron chi connectivity index (χ1n) is 10.3. The van der Waals surface area contributed by atoms with Gasteiger partial charge in [-0.3, -0.25) is 18.7 Å². The number of imidazole rings is 2. The number of aromatic nitrogens is 5. The number of pyridine rings is 2. The predicted molar refractivity (Wildman–Crippen MR) is 115 cm³/mol. The summed E-state index contributed by atoms with van der Waals surface area (Å²) in [4.78, 5) is 25.7. The molecule has 4 aromatic heterocycles. The summed E-state index contributed by atoms with van der Waals surface area (Å²) in [6, 6.07) is 9.79. The van der Waals surface area contributed by atoms with Crippen LogP contribution in [-0.4, -0.2) is 49.1 Å². The van der Waals surface area contributed by atoms with Crippen LogP contribution in [0.5, 0.6) is 0 Å². The molecule has 5 heterocycles. The van der Waals surface area contributed by atoms with E-state index in [1.54, 1.807) is 29.5 Å². The van der Waals surface area contributed by atoms with Crippen molar-refractivity contribution < 1.29 is 9.53 Å². The van der Waals surface area contributed by atoms with Crippen LogP contribution in [0, 0.1) is 0 Å². The van der Waals surface area contributed by atoms with Crippen LogP contribution in [0.4, 0.5) is 5.69 Å². The monoisotopic (exact) mass is 417 g/mol. The number of nitrogens with zero attached hydrogens (tertiary/aromatic N) is 5. The summed E-state index contributed by atoms with van der Waals surface area (Å²) in [6.45, 7) is 1.81. The Kier molecular flexibility index (Phi) is 5.32. The number of nitrogens with one attached hydrogen (secondary N) is 2. The summed E-state index contributed by atoms with van der Waals surface area (Å²) >= 11 is 0. The van der Waals surface area contributed by atoms with Crippen molar-refractivity contribution in [2.45, 2.75) is 25.5 Å². The van der Waals surface area contributed by atoms with Crippen LogP contribution in [-0.2, 0) is 11.3 Å². The molecule has 5 rings (SSSR count). The van der Waals surface area contributed by atoms with E-state index in [-0.39, 0.29) is 12.0 Å². The molecule has 1 atom stereocenters. The summed E-state index contributed by atoms with van der Waals surface area (Å²) in [5.41, 5.74) is 3.14. The fourth-order valence-corrected chi connectivity index (χ4v) is 3.70. The largest absolute Gasteiger partial charge is 0.378 e. The van der Waals surface area contributed by atoms with Crippen molar-refractivity contribution in [2.75, 3.05) is 18.5 Å². The molecule has 0 bridgehead atoms. The third kappa shape index (κ3) is 4.13. The number of ether oxygens (including phenoxy) is 1. The number of carbonyl (C=O) groups is 1. The van der Waals surface area contributed by atoms with Gasteiger partial charge in [0.05, 0.1) is 29.5 Å². The van der Waals surface area contributed by atoms with Crippen LogP contribution in [0.1, 0.15) is 29.0 Å². The maximum absolute atomic E-state index is 12.5. The zero-order valence-corrected chi connectivity index (χ0v) is 16.9. The molecule has 1 fully saturated rings. The van der Waals surface area contributed by atoms with Gasteiger partial charge in [0.15, 0.2) is 0 Å². The van der Waals surface area contributed by atoms with Gasteiger partial charge in [-0.2, -0.15) is 0 Å². The van der Waals surface area contributed by atoms with E-state index < -0.39 is 0 Å². The maximum Gasteiger partial charge on any atom is 0.271 e. The molecule has 0 saturated carbocycles. The fraction of sp³-hybridized carbons (Fsp3) is 0.273. The van der Waals surface area contributed by atoms with Gasteiger partial charge in [0.1, 0.15) is 12.0 Å². The van der Waals surface area contributed by atoms with E-state index in [9.17, 15) is 4.79 Å². The van der Waals surface area contributed by atoms with Gasteiger partial charge in [0.2, 0.25) is 5.95 Å². The topological polar surface area (TPSA) is 98.4 Å². The van der Waals surface area contributed by atoms with Crippen LogP contribution in [0.2, 0.25) is 0 Å². The van der Waals surface area contributed by atoms with Crippen molar-refractivity contribution in [3.05, 3.63) is 72.8 Å². The average molecular weight is 417 g/mol. The van der Waals surface area contributed by atoms with Gasteiger partial charge in [0.25, 0.3) is 5.91 Å². The predicted octanol–water partition coefficient (Wildman–Crippen LogP) is 2.44. The summed E-state index contributed by atoms with van der Waals surface area (Å²) < 4.78 is 9.30. The van der Waals surface area contributed by atoms with Crippen LogP contribution in [0.3, 0.4) is 0 Å². The van der Waals surface area contributed by atoms with Gasteiger partial charge in [0, 0.05) is 37.9 Å². The third-order valence-corrected chi connectivity index (χ3v) is 5.29. The zero-order chi connectivity index (χ0) is 21.0. The number of carbonyl (C=O) groups excluding carboxylic acids is 1. The minimum atomic E-state index is -0.214. The Hall–Kier alpha value is -3.72. The van der Waals surface area contributed by atoms with Gasteiger partial charge >= 0.3 is 0 Å². The highest BCUT2D eigenvalue weighted by Gasteiger charge is 2.19. The number of fused-ring (bicyclic) bond motifs is 1. The summed E-state index contributed by atoms with van der Waals surface area (Å²) in [7, 11) is 0. The molecule has 9 heteroatoms. The van der Waals surface area contributed by atoms with E-state index in [0.717, 1.165) is 36.3 Å². The first-order valence-corrected chi connectivity index (χ1v) is 10.3. The van der Waals surface area contributed by atoms with E-state index in [1.165, 1.54) is 0 Å². The van der Waals surface area contributed by atoms with Crippen molar-refractivity contribution in [1.29, 1.82) is 0 Å². The number of amides is 1. The molecule has 1 saturated heterocycles. The number of anilines is 1. The Bertz CT molecular complexity index is 1180. The van der Waals surface area contributed by atoms with Crippen molar-refractivity contribution in [3.8, 4) is 5.95 Å². The number of hydrogen-bond donors (Lipinski definition) is 2. The highest BCUT2D eigenvalue weighted by Crippen LogP contribution is 2.18. The van der Waals surface area contributed by atoms with Crippen molar-refractivity contribution in [1.82, 2.24) is 29.2 Å². The Labute approximate surface area is 179 Å². The minimum absolute atomic E-state index is 0.0946. The van der Waals surface area contributed by atoms with Crippen LogP contribution in [0.15, 0.2) is 61.4 Å². The summed E-state index contributed by atoms with van der Waals surface area (Å²) in [5.74, 6) is 0.456. The van der Waals surface area contributed by atoms with E-state index in [0.29, 0.717) is 24.7 Å². The Morgan fingerprint density at radius 1 is 1.26 bits per heavy atom. The quantitative estimate of drug-likeness (QED) is 0.479. The first kappa shape index (κ1) is 19.3. The van der Waals surface area contributed by atoms with Crippen molar-refractivity contribution in [2.24, 2.45) is 0 Å². The van der Waals surface area contributed by atoms with E-state index in [2.05, 4.69) is 20.6 Å². The Morgan fingerprint density at radius 2 is 2.23 bits per heavy atom. The number of hydrogen-bond acceptors (Lipinski definition) is 6. The number of rotatable bonds is 7. The van der Waals surface area contributed by atoms with Gasteiger partial charge in [-0.15, -0.1) is 0 Å². The molecule has 31 heavy (non-hydrogen) atoms. The Balaban J connectivity index is 1.35. The van der Waals surface area contributed by atoms with Gasteiger partial charge in [-0.05, 0) is 37.1 Å². The lowest BCUT2D eigenvalue weighted by molar-refractivity contribution is 0.0854. The second-order valence-corrected chi connectivity index (χ2v) is 7.42. The van der Waals surface area contributed by atoms with Crippen LogP contribution in [0.25, 0.3) is 11.5 Å². The molecule has 158 valence electrons. The normalized spacial score (nSPS) is 15.9. The molecular formula is C22H23N7O2. The molecule has 0 unspecified atom stereocenters. The lowest BCUT2D eigenvalue weighted by Gasteiger charge is -2.09. The molecule has 1 aliphatic rings. The fourth-order valence-electron chi connectivity index (χ4n) is 3.70. The molecule has 4 aromatic rings. The van der Waals surface area contributed by atoms with Gasteiger partial charge in [-0.25, -0.2) is 9.97 Å². The SMILES string of the molecule is O=C(NC[C@H]1CCCO1)c1cn(-c2nc(CNc3cccnc3)c3ccccn23)cn1. The summed E-state index contributed by atoms with van der Waals surface area (Å²) in [5, 5.41) is 6.25. The molecule has 0 radical (unpaired) electrons. The molecular weight excluding hydrogens is 394 g/mol. The van der Waals surface area contributed by atoms with Crippen LogP contribution >= 0.6 is 0 Å².